The molecule has 0 radical (unpaired) electrons. The van der Waals surface area contributed by atoms with E-state index in [1.165, 1.54) is 12.5 Å². The molecule has 3 amide bonds. The fourth-order valence-corrected chi connectivity index (χ4v) is 3.03. The Morgan fingerprint density at radius 2 is 1.62 bits per heavy atom. The van der Waals surface area contributed by atoms with Crippen LogP contribution >= 0.6 is 12.6 Å². The minimum absolute atomic E-state index is 0.0374. The topological polar surface area (TPSA) is 243 Å². The van der Waals surface area contributed by atoms with Gasteiger partial charge in [-0.25, -0.2) is 9.78 Å². The van der Waals surface area contributed by atoms with Crippen LogP contribution in [0, 0.1) is 0 Å². The molecule has 0 aliphatic rings. The standard InChI is InChI=1S/C19H31N7O7S/c20-4-2-1-3-12(17(30)26-14(19(32)33)5-10-7-22-9-23-10)24-18(31)13(6-15(27)28)25-16(29)11(21)8-34/h7,9,11-14,34H,1-6,8,20-21H2,(H,22,23)(H,24,31)(H,25,29)(H,26,30)(H,27,28)(H,32,33). The van der Waals surface area contributed by atoms with Gasteiger partial charge < -0.3 is 42.6 Å². The normalized spacial score (nSPS) is 14.3. The molecule has 0 aliphatic carbocycles. The Morgan fingerprint density at radius 1 is 1.00 bits per heavy atom. The van der Waals surface area contributed by atoms with Crippen molar-refractivity contribution in [1.82, 2.24) is 25.9 Å². The number of carboxylic acids is 2. The van der Waals surface area contributed by atoms with Crippen LogP contribution in [0.5, 0.6) is 0 Å². The predicted molar refractivity (Wildman–Crippen MR) is 123 cm³/mol. The second-order valence-corrected chi connectivity index (χ2v) is 7.84. The number of H-pyrrole nitrogens is 1. The first kappa shape index (κ1) is 28.9. The van der Waals surface area contributed by atoms with Crippen LogP contribution in [-0.4, -0.2) is 86.3 Å². The molecule has 4 unspecified atom stereocenters. The van der Waals surface area contributed by atoms with Gasteiger partial charge in [0.2, 0.25) is 17.7 Å². The summed E-state index contributed by atoms with van der Waals surface area (Å²) in [6, 6.07) is -5.10. The molecule has 0 aromatic carbocycles. The van der Waals surface area contributed by atoms with E-state index in [1.54, 1.807) is 0 Å². The molecular weight excluding hydrogens is 470 g/mol. The number of amides is 3. The maximum atomic E-state index is 12.9. The molecule has 1 aromatic heterocycles. The number of nitrogens with one attached hydrogen (secondary N) is 4. The lowest BCUT2D eigenvalue weighted by Crippen LogP contribution is -2.57. The van der Waals surface area contributed by atoms with Crippen LogP contribution in [0.1, 0.15) is 31.4 Å². The molecule has 1 heterocycles. The van der Waals surface area contributed by atoms with Crippen LogP contribution in [0.15, 0.2) is 12.5 Å². The van der Waals surface area contributed by atoms with Crippen molar-refractivity contribution < 1.29 is 34.2 Å². The van der Waals surface area contributed by atoms with Gasteiger partial charge in [-0.1, -0.05) is 0 Å². The summed E-state index contributed by atoms with van der Waals surface area (Å²) in [6.07, 6.45) is 3.00. The summed E-state index contributed by atoms with van der Waals surface area (Å²) in [5, 5.41) is 25.6. The Bertz CT molecular complexity index is 837. The maximum Gasteiger partial charge on any atom is 0.326 e. The van der Waals surface area contributed by atoms with E-state index in [9.17, 15) is 29.1 Å². The molecular formula is C19H31N7O7S. The molecule has 0 fully saturated rings. The quantitative estimate of drug-likeness (QED) is 0.0841. The maximum absolute atomic E-state index is 12.9. The van der Waals surface area contributed by atoms with E-state index in [0.29, 0.717) is 25.1 Å². The molecule has 0 spiro atoms. The highest BCUT2D eigenvalue weighted by Gasteiger charge is 2.31. The van der Waals surface area contributed by atoms with Crippen LogP contribution in [0.4, 0.5) is 0 Å². The SMILES string of the molecule is NCCCCC(NC(=O)C(CC(=O)O)NC(=O)C(N)CS)C(=O)NC(Cc1cnc[nH]1)C(=O)O. The van der Waals surface area contributed by atoms with Gasteiger partial charge >= 0.3 is 11.9 Å². The first-order chi connectivity index (χ1) is 16.1. The molecule has 4 atom stereocenters. The number of aliphatic carboxylic acids is 2. The number of aromatic nitrogens is 2. The second-order valence-electron chi connectivity index (χ2n) is 7.47. The molecule has 1 aromatic rings. The van der Waals surface area contributed by atoms with E-state index >= 15 is 0 Å². The molecule has 0 aliphatic heterocycles. The fourth-order valence-electron chi connectivity index (χ4n) is 2.87. The minimum atomic E-state index is -1.51. The smallest absolute Gasteiger partial charge is 0.326 e. The Balaban J connectivity index is 2.97. The number of carbonyl (C=O) groups is 5. The number of thiol groups is 1. The second kappa shape index (κ2) is 14.9. The van der Waals surface area contributed by atoms with Crippen molar-refractivity contribution in [3.63, 3.8) is 0 Å². The highest BCUT2D eigenvalue weighted by Crippen LogP contribution is 2.06. The van der Waals surface area contributed by atoms with Gasteiger partial charge in [-0.15, -0.1) is 0 Å². The largest absolute Gasteiger partial charge is 0.481 e. The van der Waals surface area contributed by atoms with Crippen molar-refractivity contribution in [3.8, 4) is 0 Å². The first-order valence-corrected chi connectivity index (χ1v) is 11.1. The van der Waals surface area contributed by atoms with E-state index < -0.39 is 60.2 Å². The molecule has 10 N–H and O–H groups in total. The van der Waals surface area contributed by atoms with Gasteiger partial charge in [0.25, 0.3) is 0 Å². The number of hydrogen-bond donors (Lipinski definition) is 9. The van der Waals surface area contributed by atoms with E-state index in [4.69, 9.17) is 16.6 Å². The first-order valence-electron chi connectivity index (χ1n) is 10.5. The lowest BCUT2D eigenvalue weighted by Gasteiger charge is -2.24. The van der Waals surface area contributed by atoms with Crippen LogP contribution in [0.3, 0.4) is 0 Å². The number of rotatable bonds is 16. The van der Waals surface area contributed by atoms with Crippen LogP contribution in [0.25, 0.3) is 0 Å². The molecule has 14 nitrogen and oxygen atoms in total. The molecule has 1 rings (SSSR count). The minimum Gasteiger partial charge on any atom is -0.481 e. The van der Waals surface area contributed by atoms with Gasteiger partial charge in [0.1, 0.15) is 18.1 Å². The zero-order chi connectivity index (χ0) is 25.7. The number of unbranched alkanes of at least 4 members (excludes halogenated alkanes) is 1. The average molecular weight is 502 g/mol. The van der Waals surface area contributed by atoms with E-state index in [1.807, 2.05) is 0 Å². The van der Waals surface area contributed by atoms with E-state index in [-0.39, 0.29) is 18.6 Å². The third-order valence-corrected chi connectivity index (χ3v) is 5.11. The highest BCUT2D eigenvalue weighted by atomic mass is 32.1. The van der Waals surface area contributed by atoms with Crippen molar-refractivity contribution in [2.45, 2.75) is 56.3 Å². The molecule has 34 heavy (non-hydrogen) atoms. The number of nitrogens with zero attached hydrogens (tertiary/aromatic N) is 1. The Morgan fingerprint density at radius 3 is 2.15 bits per heavy atom. The number of nitrogens with two attached hydrogens (primary N) is 2. The Hall–Kier alpha value is -3.17. The van der Waals surface area contributed by atoms with Gasteiger partial charge in [-0.3, -0.25) is 19.2 Å². The van der Waals surface area contributed by atoms with Crippen molar-refractivity contribution in [2.24, 2.45) is 11.5 Å². The van der Waals surface area contributed by atoms with Crippen LogP contribution in [-0.2, 0) is 30.4 Å². The van der Waals surface area contributed by atoms with E-state index in [2.05, 4.69) is 38.5 Å². The van der Waals surface area contributed by atoms with Crippen molar-refractivity contribution >= 4 is 42.3 Å². The molecule has 15 heteroatoms. The summed E-state index contributed by atoms with van der Waals surface area (Å²) in [4.78, 5) is 67.0. The molecule has 0 saturated carbocycles. The van der Waals surface area contributed by atoms with Gasteiger partial charge in [0.05, 0.1) is 18.8 Å². The number of imidazole rings is 1. The molecule has 190 valence electrons. The van der Waals surface area contributed by atoms with Gasteiger partial charge in [-0.2, -0.15) is 12.6 Å². The lowest BCUT2D eigenvalue weighted by molar-refractivity contribution is -0.143. The Kier molecular flexibility index (Phi) is 12.6. The van der Waals surface area contributed by atoms with Gasteiger partial charge in [0.15, 0.2) is 0 Å². The van der Waals surface area contributed by atoms with Crippen LogP contribution in [0.2, 0.25) is 0 Å². The summed E-state index contributed by atoms with van der Waals surface area (Å²) < 4.78 is 0. The third kappa shape index (κ3) is 10.2. The summed E-state index contributed by atoms with van der Waals surface area (Å²) in [5.74, 6) is -5.21. The fraction of sp³-hybridized carbons (Fsp3) is 0.579. The van der Waals surface area contributed by atoms with Crippen molar-refractivity contribution in [3.05, 3.63) is 18.2 Å². The third-order valence-electron chi connectivity index (χ3n) is 4.72. The number of hydrogen-bond acceptors (Lipinski definition) is 9. The van der Waals surface area contributed by atoms with Gasteiger partial charge in [0, 0.05) is 24.1 Å². The van der Waals surface area contributed by atoms with Gasteiger partial charge in [-0.05, 0) is 25.8 Å². The summed E-state index contributed by atoms with van der Waals surface area (Å²) >= 11 is 3.89. The summed E-state index contributed by atoms with van der Waals surface area (Å²) in [7, 11) is 0. The summed E-state index contributed by atoms with van der Waals surface area (Å²) in [6.45, 7) is 0.333. The number of aromatic amines is 1. The zero-order valence-electron chi connectivity index (χ0n) is 18.4. The molecule has 0 bridgehead atoms. The monoisotopic (exact) mass is 501 g/mol. The Labute approximate surface area is 201 Å². The van der Waals surface area contributed by atoms with Crippen molar-refractivity contribution in [1.29, 1.82) is 0 Å². The number of carbonyl (C=O) groups excluding carboxylic acids is 3. The number of carboxylic acid groups (broad SMARTS) is 2. The van der Waals surface area contributed by atoms with Crippen LogP contribution < -0.4 is 27.4 Å². The summed E-state index contributed by atoms with van der Waals surface area (Å²) in [5.41, 5.74) is 11.5. The average Bonchev–Trinajstić information content (AvgIpc) is 3.29. The predicted octanol–water partition coefficient (Wildman–Crippen LogP) is -2.65. The van der Waals surface area contributed by atoms with E-state index in [0.717, 1.165) is 0 Å². The highest BCUT2D eigenvalue weighted by molar-refractivity contribution is 7.80. The zero-order valence-corrected chi connectivity index (χ0v) is 19.3. The lowest BCUT2D eigenvalue weighted by atomic mass is 10.1. The molecule has 0 saturated heterocycles. The van der Waals surface area contributed by atoms with Crippen molar-refractivity contribution in [2.75, 3.05) is 12.3 Å².